The molecule has 0 aliphatic rings. The fourth-order valence-electron chi connectivity index (χ4n) is 2.19. The Balaban J connectivity index is 1.90. The molecule has 0 aliphatic heterocycles. The van der Waals surface area contributed by atoms with Gasteiger partial charge in [-0.15, -0.1) is 11.8 Å². The molecule has 0 bridgehead atoms. The number of halogens is 4. The normalized spacial score (nSPS) is 11.2. The zero-order valence-corrected chi connectivity index (χ0v) is 15.7. The van der Waals surface area contributed by atoms with Crippen LogP contribution in [0.1, 0.15) is 22.3 Å². The zero-order valence-electron chi connectivity index (χ0n) is 14.9. The molecule has 0 radical (unpaired) electrons. The largest absolute Gasteiger partial charge is 0.405 e. The molecule has 0 unspecified atom stereocenters. The van der Waals surface area contributed by atoms with Gasteiger partial charge in [-0.05, 0) is 48.9 Å². The van der Waals surface area contributed by atoms with Crippen LogP contribution >= 0.6 is 11.8 Å². The van der Waals surface area contributed by atoms with Gasteiger partial charge in [0.2, 0.25) is 5.91 Å². The van der Waals surface area contributed by atoms with Crippen molar-refractivity contribution in [1.82, 2.24) is 5.32 Å². The van der Waals surface area contributed by atoms with Crippen LogP contribution < -0.4 is 10.6 Å². The number of carbonyl (C=O) groups is 2. The van der Waals surface area contributed by atoms with Crippen molar-refractivity contribution < 1.29 is 27.2 Å². The zero-order chi connectivity index (χ0) is 20.7. The third kappa shape index (κ3) is 7.22. The fraction of sp³-hybridized carbons (Fsp3) is 0.263. The highest BCUT2D eigenvalue weighted by molar-refractivity contribution is 7.99. The van der Waals surface area contributed by atoms with E-state index in [4.69, 9.17) is 0 Å². The summed E-state index contributed by atoms with van der Waals surface area (Å²) in [4.78, 5) is 24.8. The van der Waals surface area contributed by atoms with Crippen LogP contribution in [0.15, 0.2) is 47.4 Å². The minimum absolute atomic E-state index is 0.0193. The third-order valence-electron chi connectivity index (χ3n) is 3.63. The number of thioether (sulfide) groups is 1. The molecule has 0 saturated heterocycles. The van der Waals surface area contributed by atoms with Crippen LogP contribution in [-0.2, 0) is 4.79 Å². The molecule has 2 aromatic carbocycles. The molecule has 0 spiro atoms. The van der Waals surface area contributed by atoms with Gasteiger partial charge in [0.25, 0.3) is 5.91 Å². The molecule has 0 saturated carbocycles. The highest BCUT2D eigenvalue weighted by atomic mass is 32.2. The predicted molar refractivity (Wildman–Crippen MR) is 99.9 cm³/mol. The second-order valence-electron chi connectivity index (χ2n) is 5.93. The van der Waals surface area contributed by atoms with Gasteiger partial charge in [0.15, 0.2) is 0 Å². The average molecular weight is 414 g/mol. The van der Waals surface area contributed by atoms with Gasteiger partial charge < -0.3 is 10.6 Å². The number of alkyl halides is 3. The van der Waals surface area contributed by atoms with E-state index in [-0.39, 0.29) is 23.7 Å². The first-order chi connectivity index (χ1) is 13.1. The molecule has 2 rings (SSSR count). The van der Waals surface area contributed by atoms with Crippen LogP contribution in [0.25, 0.3) is 0 Å². The number of rotatable bonds is 7. The molecule has 0 atom stereocenters. The van der Waals surface area contributed by atoms with E-state index in [1.54, 1.807) is 30.4 Å². The Hall–Kier alpha value is -2.55. The molecular weight excluding hydrogens is 396 g/mol. The maximum Gasteiger partial charge on any atom is 0.405 e. The Bertz CT molecular complexity index is 839. The van der Waals surface area contributed by atoms with Gasteiger partial charge in [0.1, 0.15) is 12.4 Å². The van der Waals surface area contributed by atoms with Crippen LogP contribution in [0, 0.1) is 12.7 Å². The Morgan fingerprint density at radius 2 is 1.75 bits per heavy atom. The number of anilines is 1. The van der Waals surface area contributed by atoms with Crippen LogP contribution in [-0.4, -0.2) is 30.3 Å². The van der Waals surface area contributed by atoms with Crippen molar-refractivity contribution in [1.29, 1.82) is 0 Å². The molecule has 9 heteroatoms. The molecule has 0 aromatic heterocycles. The standard InChI is InChI=1S/C19H18F4N2O2S/c1-12-2-3-13(18(27)24-11-19(21,22)23)10-16(12)25-17(26)8-9-28-15-6-4-14(20)5-7-15/h2-7,10H,8-9,11H2,1H3,(H,24,27)(H,25,26). The van der Waals surface area contributed by atoms with Crippen LogP contribution in [0.4, 0.5) is 23.2 Å². The molecule has 0 heterocycles. The second kappa shape index (κ2) is 9.59. The molecule has 2 N–H and O–H groups in total. The number of aryl methyl sites for hydroxylation is 1. The lowest BCUT2D eigenvalue weighted by molar-refractivity contribution is -0.123. The fourth-order valence-corrected chi connectivity index (χ4v) is 3.04. The lowest BCUT2D eigenvalue weighted by Crippen LogP contribution is -2.33. The Morgan fingerprint density at radius 1 is 1.07 bits per heavy atom. The summed E-state index contributed by atoms with van der Waals surface area (Å²) in [5.41, 5.74) is 1.05. The van der Waals surface area contributed by atoms with E-state index >= 15 is 0 Å². The van der Waals surface area contributed by atoms with E-state index in [2.05, 4.69) is 5.32 Å². The minimum atomic E-state index is -4.50. The Kier molecular flexibility index (Phi) is 7.45. The minimum Gasteiger partial charge on any atom is -0.343 e. The van der Waals surface area contributed by atoms with Gasteiger partial charge in [-0.25, -0.2) is 4.39 Å². The number of nitrogens with one attached hydrogen (secondary N) is 2. The molecule has 0 aliphatic carbocycles. The van der Waals surface area contributed by atoms with Crippen molar-refractivity contribution in [2.24, 2.45) is 0 Å². The van der Waals surface area contributed by atoms with E-state index in [0.717, 1.165) is 4.90 Å². The molecule has 2 aromatic rings. The third-order valence-corrected chi connectivity index (χ3v) is 4.65. The number of benzene rings is 2. The second-order valence-corrected chi connectivity index (χ2v) is 7.10. The number of hydrogen-bond acceptors (Lipinski definition) is 3. The van der Waals surface area contributed by atoms with Gasteiger partial charge in [0, 0.05) is 28.3 Å². The van der Waals surface area contributed by atoms with E-state index in [1.807, 2.05) is 0 Å². The van der Waals surface area contributed by atoms with Gasteiger partial charge in [-0.1, -0.05) is 6.07 Å². The van der Waals surface area contributed by atoms with E-state index in [9.17, 15) is 27.2 Å². The predicted octanol–water partition coefficient (Wildman–Crippen LogP) is 4.55. The van der Waals surface area contributed by atoms with Crippen LogP contribution in [0.3, 0.4) is 0 Å². The Labute approximate surface area is 163 Å². The Morgan fingerprint density at radius 3 is 2.39 bits per heavy atom. The summed E-state index contributed by atoms with van der Waals surface area (Å²) in [7, 11) is 0. The van der Waals surface area contributed by atoms with Crippen molar-refractivity contribution in [3.63, 3.8) is 0 Å². The van der Waals surface area contributed by atoms with Crippen molar-refractivity contribution in [3.05, 3.63) is 59.4 Å². The van der Waals surface area contributed by atoms with E-state index < -0.39 is 18.6 Å². The highest BCUT2D eigenvalue weighted by Gasteiger charge is 2.28. The smallest absolute Gasteiger partial charge is 0.343 e. The van der Waals surface area contributed by atoms with E-state index in [1.165, 1.54) is 36.0 Å². The first-order valence-corrected chi connectivity index (χ1v) is 9.26. The van der Waals surface area contributed by atoms with Crippen molar-refractivity contribution in [2.45, 2.75) is 24.4 Å². The lowest BCUT2D eigenvalue weighted by atomic mass is 10.1. The first-order valence-electron chi connectivity index (χ1n) is 8.28. The quantitative estimate of drug-likeness (QED) is 0.516. The summed E-state index contributed by atoms with van der Waals surface area (Å²) in [6, 6.07) is 10.2. The number of amides is 2. The van der Waals surface area contributed by atoms with Gasteiger partial charge in [-0.2, -0.15) is 13.2 Å². The summed E-state index contributed by atoms with van der Waals surface area (Å²) < 4.78 is 49.5. The summed E-state index contributed by atoms with van der Waals surface area (Å²) in [5, 5.41) is 4.45. The molecular formula is C19H18F4N2O2S. The van der Waals surface area contributed by atoms with Crippen molar-refractivity contribution in [3.8, 4) is 0 Å². The molecule has 28 heavy (non-hydrogen) atoms. The highest BCUT2D eigenvalue weighted by Crippen LogP contribution is 2.21. The maximum absolute atomic E-state index is 12.9. The number of hydrogen-bond donors (Lipinski definition) is 2. The average Bonchev–Trinajstić information content (AvgIpc) is 2.62. The van der Waals surface area contributed by atoms with Crippen LogP contribution in [0.5, 0.6) is 0 Å². The van der Waals surface area contributed by atoms with Gasteiger partial charge in [-0.3, -0.25) is 9.59 Å². The molecule has 150 valence electrons. The first kappa shape index (κ1) is 21.7. The monoisotopic (exact) mass is 414 g/mol. The van der Waals surface area contributed by atoms with Gasteiger partial charge >= 0.3 is 6.18 Å². The van der Waals surface area contributed by atoms with Crippen molar-refractivity contribution in [2.75, 3.05) is 17.6 Å². The topological polar surface area (TPSA) is 58.2 Å². The van der Waals surface area contributed by atoms with E-state index in [0.29, 0.717) is 17.0 Å². The van der Waals surface area contributed by atoms with Crippen molar-refractivity contribution >= 4 is 29.3 Å². The van der Waals surface area contributed by atoms with Crippen LogP contribution in [0.2, 0.25) is 0 Å². The summed E-state index contributed by atoms with van der Waals surface area (Å²) in [6.07, 6.45) is -4.33. The van der Waals surface area contributed by atoms with Gasteiger partial charge in [0.05, 0.1) is 0 Å². The maximum atomic E-state index is 12.9. The summed E-state index contributed by atoms with van der Waals surface area (Å²) >= 11 is 1.39. The lowest BCUT2D eigenvalue weighted by Gasteiger charge is -2.12. The summed E-state index contributed by atoms with van der Waals surface area (Å²) in [5.74, 6) is -1.05. The molecule has 2 amide bonds. The summed E-state index contributed by atoms with van der Waals surface area (Å²) in [6.45, 7) is 0.280. The molecule has 4 nitrogen and oxygen atoms in total. The SMILES string of the molecule is Cc1ccc(C(=O)NCC(F)(F)F)cc1NC(=O)CCSc1ccc(F)cc1. The molecule has 0 fully saturated rings. The number of carbonyl (C=O) groups excluding carboxylic acids is 2.